The number of nitrogens with one attached hydrogen (secondary N) is 2. The largest absolute Gasteiger partial charge is 0.343 e. The van der Waals surface area contributed by atoms with E-state index >= 15 is 0 Å². The van der Waals surface area contributed by atoms with Crippen LogP contribution in [0.15, 0.2) is 60.7 Å². The van der Waals surface area contributed by atoms with Gasteiger partial charge in [0, 0.05) is 18.0 Å². The number of ether oxygens (including phenoxy) is 1. The van der Waals surface area contributed by atoms with Gasteiger partial charge in [-0.05, 0) is 31.2 Å². The van der Waals surface area contributed by atoms with E-state index in [1.54, 1.807) is 0 Å². The van der Waals surface area contributed by atoms with Crippen molar-refractivity contribution < 1.29 is 4.74 Å². The van der Waals surface area contributed by atoms with Crippen LogP contribution in [0.5, 0.6) is 0 Å². The zero-order valence-electron chi connectivity index (χ0n) is 10.5. The summed E-state index contributed by atoms with van der Waals surface area (Å²) in [6, 6.07) is 20.0. The van der Waals surface area contributed by atoms with Crippen LogP contribution in [0, 0.1) is 0 Å². The molecule has 0 unspecified atom stereocenters. The predicted molar refractivity (Wildman–Crippen MR) is 75.5 cm³/mol. The van der Waals surface area contributed by atoms with Crippen LogP contribution in [0.1, 0.15) is 6.92 Å². The van der Waals surface area contributed by atoms with Crippen molar-refractivity contribution in [2.75, 3.05) is 17.2 Å². The highest BCUT2D eigenvalue weighted by molar-refractivity contribution is 5.48. The summed E-state index contributed by atoms with van der Waals surface area (Å²) in [5, 5.41) is 6.59. The molecule has 2 N–H and O–H groups in total. The third-order valence-corrected chi connectivity index (χ3v) is 2.48. The van der Waals surface area contributed by atoms with E-state index in [4.69, 9.17) is 4.74 Å². The van der Waals surface area contributed by atoms with Crippen molar-refractivity contribution in [2.45, 2.75) is 13.3 Å². The third-order valence-electron chi connectivity index (χ3n) is 2.48. The van der Waals surface area contributed by atoms with Gasteiger partial charge in [-0.25, -0.2) is 0 Å². The van der Waals surface area contributed by atoms with Gasteiger partial charge in [-0.3, -0.25) is 0 Å². The predicted octanol–water partition coefficient (Wildman–Crippen LogP) is 3.53. The summed E-state index contributed by atoms with van der Waals surface area (Å²) >= 11 is 0. The lowest BCUT2D eigenvalue weighted by Gasteiger charge is -2.21. The van der Waals surface area contributed by atoms with E-state index in [2.05, 4.69) is 10.6 Å². The zero-order chi connectivity index (χ0) is 12.6. The molecule has 0 aliphatic carbocycles. The van der Waals surface area contributed by atoms with Crippen molar-refractivity contribution in [3.05, 3.63) is 60.7 Å². The van der Waals surface area contributed by atoms with E-state index < -0.39 is 0 Å². The molecule has 0 aromatic heterocycles. The van der Waals surface area contributed by atoms with Crippen LogP contribution in [0.2, 0.25) is 0 Å². The molecule has 0 aliphatic rings. The Hall–Kier alpha value is -2.00. The van der Waals surface area contributed by atoms with Crippen molar-refractivity contribution >= 4 is 11.4 Å². The van der Waals surface area contributed by atoms with Gasteiger partial charge in [0.2, 0.25) is 6.35 Å². The first kappa shape index (κ1) is 12.5. The zero-order valence-corrected chi connectivity index (χ0v) is 10.5. The van der Waals surface area contributed by atoms with Crippen molar-refractivity contribution in [1.82, 2.24) is 0 Å². The second kappa shape index (κ2) is 6.67. The molecular weight excluding hydrogens is 224 g/mol. The second-order valence-electron chi connectivity index (χ2n) is 3.86. The highest BCUT2D eigenvalue weighted by atomic mass is 16.5. The quantitative estimate of drug-likeness (QED) is 0.760. The molecule has 2 rings (SSSR count). The Bertz CT molecular complexity index is 403. The highest BCUT2D eigenvalue weighted by Gasteiger charge is 2.06. The monoisotopic (exact) mass is 242 g/mol. The molecule has 94 valence electrons. The molecule has 3 heteroatoms. The fourth-order valence-corrected chi connectivity index (χ4v) is 1.66. The van der Waals surface area contributed by atoms with Crippen LogP contribution in [0.3, 0.4) is 0 Å². The molecule has 0 atom stereocenters. The summed E-state index contributed by atoms with van der Waals surface area (Å²) in [6.07, 6.45) is -0.236. The minimum absolute atomic E-state index is 0.236. The molecule has 0 amide bonds. The maximum Gasteiger partial charge on any atom is 0.205 e. The normalized spacial score (nSPS) is 10.3. The standard InChI is InChI=1S/C15H18N2O/c1-2-18-15(16-13-9-5-3-6-10-13)17-14-11-7-4-8-12-14/h3-12,15-17H,2H2,1H3. The highest BCUT2D eigenvalue weighted by Crippen LogP contribution is 2.11. The second-order valence-corrected chi connectivity index (χ2v) is 3.86. The Morgan fingerprint density at radius 1 is 0.833 bits per heavy atom. The van der Waals surface area contributed by atoms with Gasteiger partial charge in [0.1, 0.15) is 0 Å². The SMILES string of the molecule is CCOC(Nc1ccccc1)Nc1ccccc1. The Kier molecular flexibility index (Phi) is 4.61. The van der Waals surface area contributed by atoms with E-state index in [1.807, 2.05) is 67.6 Å². The van der Waals surface area contributed by atoms with Crippen molar-refractivity contribution in [1.29, 1.82) is 0 Å². The van der Waals surface area contributed by atoms with Crippen LogP contribution in [-0.4, -0.2) is 13.0 Å². The molecule has 18 heavy (non-hydrogen) atoms. The summed E-state index contributed by atoms with van der Waals surface area (Å²) in [5.41, 5.74) is 2.05. The number of hydrogen-bond acceptors (Lipinski definition) is 3. The molecule has 0 aliphatic heterocycles. The lowest BCUT2D eigenvalue weighted by molar-refractivity contribution is 0.102. The van der Waals surface area contributed by atoms with Crippen molar-refractivity contribution in [3.63, 3.8) is 0 Å². The minimum atomic E-state index is -0.236. The van der Waals surface area contributed by atoms with Gasteiger partial charge in [0.05, 0.1) is 0 Å². The van der Waals surface area contributed by atoms with Crippen molar-refractivity contribution in [3.8, 4) is 0 Å². The van der Waals surface area contributed by atoms with E-state index in [9.17, 15) is 0 Å². The molecule has 3 nitrogen and oxygen atoms in total. The molecular formula is C15H18N2O. The summed E-state index contributed by atoms with van der Waals surface area (Å²) in [5.74, 6) is 0. The lowest BCUT2D eigenvalue weighted by atomic mass is 10.3. The molecule has 0 spiro atoms. The molecule has 2 aromatic rings. The Balaban J connectivity index is 2.00. The Labute approximate surface area is 108 Å². The lowest BCUT2D eigenvalue weighted by Crippen LogP contribution is -2.31. The summed E-state index contributed by atoms with van der Waals surface area (Å²) in [7, 11) is 0. The van der Waals surface area contributed by atoms with Gasteiger partial charge in [0.15, 0.2) is 0 Å². The van der Waals surface area contributed by atoms with Gasteiger partial charge < -0.3 is 15.4 Å². The van der Waals surface area contributed by atoms with Crippen LogP contribution in [0.25, 0.3) is 0 Å². The summed E-state index contributed by atoms with van der Waals surface area (Å²) in [6.45, 7) is 2.62. The topological polar surface area (TPSA) is 33.3 Å². The number of hydrogen-bond donors (Lipinski definition) is 2. The average Bonchev–Trinajstić information content (AvgIpc) is 2.41. The minimum Gasteiger partial charge on any atom is -0.343 e. The van der Waals surface area contributed by atoms with Crippen LogP contribution in [0.4, 0.5) is 11.4 Å². The van der Waals surface area contributed by atoms with E-state index in [-0.39, 0.29) is 6.35 Å². The number of para-hydroxylation sites is 2. The Morgan fingerprint density at radius 2 is 1.28 bits per heavy atom. The number of rotatable bonds is 6. The number of benzene rings is 2. The van der Waals surface area contributed by atoms with E-state index in [1.165, 1.54) is 0 Å². The van der Waals surface area contributed by atoms with Gasteiger partial charge >= 0.3 is 0 Å². The fourth-order valence-electron chi connectivity index (χ4n) is 1.66. The summed E-state index contributed by atoms with van der Waals surface area (Å²) in [4.78, 5) is 0. The average molecular weight is 242 g/mol. The smallest absolute Gasteiger partial charge is 0.205 e. The summed E-state index contributed by atoms with van der Waals surface area (Å²) < 4.78 is 5.63. The molecule has 0 bridgehead atoms. The molecule has 0 radical (unpaired) electrons. The Morgan fingerprint density at radius 3 is 1.67 bits per heavy atom. The first-order valence-corrected chi connectivity index (χ1v) is 6.13. The van der Waals surface area contributed by atoms with Crippen LogP contribution < -0.4 is 10.6 Å². The van der Waals surface area contributed by atoms with E-state index in [0.29, 0.717) is 6.61 Å². The fraction of sp³-hybridized carbons (Fsp3) is 0.200. The molecule has 0 fully saturated rings. The van der Waals surface area contributed by atoms with Gasteiger partial charge in [-0.15, -0.1) is 0 Å². The molecule has 2 aromatic carbocycles. The molecule has 0 saturated carbocycles. The van der Waals surface area contributed by atoms with Crippen LogP contribution >= 0.6 is 0 Å². The molecule has 0 heterocycles. The molecule has 0 saturated heterocycles. The first-order valence-electron chi connectivity index (χ1n) is 6.13. The van der Waals surface area contributed by atoms with Crippen LogP contribution in [-0.2, 0) is 4.74 Å². The number of anilines is 2. The van der Waals surface area contributed by atoms with Crippen molar-refractivity contribution in [2.24, 2.45) is 0 Å². The van der Waals surface area contributed by atoms with E-state index in [0.717, 1.165) is 11.4 Å². The first-order chi connectivity index (χ1) is 8.88. The maximum absolute atomic E-state index is 5.63. The van der Waals surface area contributed by atoms with Gasteiger partial charge in [-0.1, -0.05) is 36.4 Å². The van der Waals surface area contributed by atoms with Gasteiger partial charge in [-0.2, -0.15) is 0 Å². The third kappa shape index (κ3) is 3.79. The van der Waals surface area contributed by atoms with Gasteiger partial charge in [0.25, 0.3) is 0 Å². The maximum atomic E-state index is 5.63.